The molecule has 1 aliphatic heterocycles. The van der Waals surface area contributed by atoms with Crippen molar-refractivity contribution in [3.8, 4) is 0 Å². The Morgan fingerprint density at radius 2 is 1.79 bits per heavy atom. The Balaban J connectivity index is 2.34. The van der Waals surface area contributed by atoms with Gasteiger partial charge < -0.3 is 4.90 Å². The minimum absolute atomic E-state index is 0.584. The van der Waals surface area contributed by atoms with E-state index in [0.717, 1.165) is 0 Å². The van der Waals surface area contributed by atoms with Crippen molar-refractivity contribution in [3.63, 3.8) is 0 Å². The summed E-state index contributed by atoms with van der Waals surface area (Å²) in [5.74, 6) is 0. The minimum Gasteiger partial charge on any atom is -0.303 e. The minimum atomic E-state index is 0.584. The van der Waals surface area contributed by atoms with Crippen LogP contribution < -0.4 is 0 Å². The molecule has 1 aliphatic rings. The van der Waals surface area contributed by atoms with E-state index in [1.54, 1.807) is 0 Å². The van der Waals surface area contributed by atoms with Gasteiger partial charge in [-0.3, -0.25) is 0 Å². The molecule has 0 aliphatic carbocycles. The van der Waals surface area contributed by atoms with E-state index in [2.05, 4.69) is 25.7 Å². The van der Waals surface area contributed by atoms with Gasteiger partial charge in [0.1, 0.15) is 0 Å². The van der Waals surface area contributed by atoms with Gasteiger partial charge in [-0.2, -0.15) is 0 Å². The van der Waals surface area contributed by atoms with Crippen molar-refractivity contribution in [1.29, 1.82) is 0 Å². The van der Waals surface area contributed by atoms with Crippen LogP contribution in [0.4, 0.5) is 0 Å². The molecule has 0 amide bonds. The summed E-state index contributed by atoms with van der Waals surface area (Å²) in [4.78, 5) is 2.67. The Morgan fingerprint density at radius 3 is 2.29 bits per heavy atom. The van der Waals surface area contributed by atoms with Gasteiger partial charge >= 0.3 is 0 Å². The molecule has 1 heterocycles. The second-order valence-corrected chi connectivity index (χ2v) is 5.25. The summed E-state index contributed by atoms with van der Waals surface area (Å²) in [5.41, 5.74) is 0.584. The summed E-state index contributed by atoms with van der Waals surface area (Å²) in [6.45, 7) is 11.2. The lowest BCUT2D eigenvalue weighted by Crippen LogP contribution is -2.33. The Bertz CT molecular complexity index is 149. The Kier molecular flexibility index (Phi) is 4.94. The lowest BCUT2D eigenvalue weighted by atomic mass is 9.82. The van der Waals surface area contributed by atoms with Crippen molar-refractivity contribution in [2.45, 2.75) is 59.3 Å². The lowest BCUT2D eigenvalue weighted by Gasteiger charge is -2.33. The molecule has 1 heteroatoms. The van der Waals surface area contributed by atoms with E-state index >= 15 is 0 Å². The molecule has 0 aromatic carbocycles. The number of rotatable bonds is 6. The zero-order valence-electron chi connectivity index (χ0n) is 10.3. The fraction of sp³-hybridized carbons (Fsp3) is 1.00. The summed E-state index contributed by atoms with van der Waals surface area (Å²) in [7, 11) is 0. The first-order valence-electron chi connectivity index (χ1n) is 6.42. The summed E-state index contributed by atoms with van der Waals surface area (Å²) in [5, 5.41) is 0. The molecule has 0 N–H and O–H groups in total. The van der Waals surface area contributed by atoms with E-state index in [1.165, 1.54) is 58.2 Å². The van der Waals surface area contributed by atoms with Gasteiger partial charge in [0.2, 0.25) is 0 Å². The third kappa shape index (κ3) is 3.61. The van der Waals surface area contributed by atoms with E-state index in [4.69, 9.17) is 0 Å². The molecule has 14 heavy (non-hydrogen) atoms. The lowest BCUT2D eigenvalue weighted by molar-refractivity contribution is 0.169. The fourth-order valence-electron chi connectivity index (χ4n) is 2.45. The van der Waals surface area contributed by atoms with Crippen molar-refractivity contribution in [3.05, 3.63) is 0 Å². The van der Waals surface area contributed by atoms with Crippen LogP contribution in [0.15, 0.2) is 0 Å². The average Bonchev–Trinajstić information content (AvgIpc) is 2.67. The molecule has 0 aromatic heterocycles. The van der Waals surface area contributed by atoms with E-state index in [-0.39, 0.29) is 0 Å². The van der Waals surface area contributed by atoms with Gasteiger partial charge in [0.05, 0.1) is 0 Å². The van der Waals surface area contributed by atoms with Crippen LogP contribution in [-0.2, 0) is 0 Å². The van der Waals surface area contributed by atoms with Gasteiger partial charge in [0, 0.05) is 6.54 Å². The first kappa shape index (κ1) is 12.0. The predicted octanol–water partition coefficient (Wildman–Crippen LogP) is 3.69. The number of hydrogen-bond acceptors (Lipinski definition) is 1. The summed E-state index contributed by atoms with van der Waals surface area (Å²) in [6.07, 6.45) is 8.34. The molecule has 1 fully saturated rings. The van der Waals surface area contributed by atoms with Crippen molar-refractivity contribution >= 4 is 0 Å². The van der Waals surface area contributed by atoms with Crippen molar-refractivity contribution < 1.29 is 0 Å². The van der Waals surface area contributed by atoms with Crippen LogP contribution in [0.2, 0.25) is 0 Å². The molecule has 0 bridgehead atoms. The van der Waals surface area contributed by atoms with Gasteiger partial charge in [-0.05, 0) is 44.2 Å². The van der Waals surface area contributed by atoms with Crippen molar-refractivity contribution in [1.82, 2.24) is 4.90 Å². The van der Waals surface area contributed by atoms with Crippen LogP contribution in [0.1, 0.15) is 59.3 Å². The zero-order chi connectivity index (χ0) is 10.4. The van der Waals surface area contributed by atoms with Gasteiger partial charge in [-0.25, -0.2) is 0 Å². The molecular formula is C13H27N. The molecule has 1 unspecified atom stereocenters. The van der Waals surface area contributed by atoms with Crippen LogP contribution in [0.3, 0.4) is 0 Å². The first-order valence-corrected chi connectivity index (χ1v) is 6.42. The second-order valence-electron chi connectivity index (χ2n) is 5.25. The van der Waals surface area contributed by atoms with E-state index < -0.39 is 0 Å². The molecule has 0 aromatic rings. The van der Waals surface area contributed by atoms with Gasteiger partial charge in [-0.15, -0.1) is 0 Å². The highest BCUT2D eigenvalue weighted by Gasteiger charge is 2.25. The van der Waals surface area contributed by atoms with Gasteiger partial charge in [0.25, 0.3) is 0 Å². The fourth-order valence-corrected chi connectivity index (χ4v) is 2.45. The van der Waals surface area contributed by atoms with Gasteiger partial charge in [-0.1, -0.05) is 33.6 Å². The second kappa shape index (κ2) is 5.75. The topological polar surface area (TPSA) is 3.24 Å². The molecule has 1 atom stereocenters. The average molecular weight is 197 g/mol. The molecule has 0 saturated carbocycles. The Hall–Kier alpha value is -0.0400. The van der Waals surface area contributed by atoms with Crippen LogP contribution in [0.5, 0.6) is 0 Å². The number of likely N-dealkylation sites (tertiary alicyclic amines) is 1. The van der Waals surface area contributed by atoms with Gasteiger partial charge in [0.15, 0.2) is 0 Å². The maximum Gasteiger partial charge on any atom is 0.00352 e. The molecule has 0 spiro atoms. The summed E-state index contributed by atoms with van der Waals surface area (Å²) < 4.78 is 0. The SMILES string of the molecule is CCCCC(C)(CC)CN1CCCC1. The van der Waals surface area contributed by atoms with Crippen LogP contribution >= 0.6 is 0 Å². The van der Waals surface area contributed by atoms with E-state index in [1.807, 2.05) is 0 Å². The number of nitrogens with zero attached hydrogens (tertiary/aromatic N) is 1. The summed E-state index contributed by atoms with van der Waals surface area (Å²) >= 11 is 0. The monoisotopic (exact) mass is 197 g/mol. The molecule has 84 valence electrons. The Morgan fingerprint density at radius 1 is 1.14 bits per heavy atom. The predicted molar refractivity (Wildman–Crippen MR) is 63.6 cm³/mol. The maximum absolute atomic E-state index is 2.67. The molecule has 1 rings (SSSR count). The first-order chi connectivity index (χ1) is 6.70. The van der Waals surface area contributed by atoms with Crippen molar-refractivity contribution in [2.75, 3.05) is 19.6 Å². The molecule has 1 nitrogen and oxygen atoms in total. The third-order valence-electron chi connectivity index (χ3n) is 3.79. The highest BCUT2D eigenvalue weighted by molar-refractivity contribution is 4.79. The van der Waals surface area contributed by atoms with Crippen LogP contribution in [0.25, 0.3) is 0 Å². The maximum atomic E-state index is 2.67. The standard InChI is InChI=1S/C13H27N/c1-4-6-9-13(3,5-2)12-14-10-7-8-11-14/h4-12H2,1-3H3. The smallest absolute Gasteiger partial charge is 0.00352 e. The highest BCUT2D eigenvalue weighted by Crippen LogP contribution is 2.30. The van der Waals surface area contributed by atoms with E-state index in [9.17, 15) is 0 Å². The normalized spacial score (nSPS) is 22.5. The van der Waals surface area contributed by atoms with E-state index in [0.29, 0.717) is 5.41 Å². The quantitative estimate of drug-likeness (QED) is 0.628. The zero-order valence-corrected chi connectivity index (χ0v) is 10.3. The highest BCUT2D eigenvalue weighted by atomic mass is 15.1. The molecular weight excluding hydrogens is 170 g/mol. The van der Waals surface area contributed by atoms with Crippen LogP contribution in [0, 0.1) is 5.41 Å². The molecule has 1 saturated heterocycles. The molecule has 0 radical (unpaired) electrons. The Labute approximate surface area is 89.9 Å². The number of hydrogen-bond donors (Lipinski definition) is 0. The third-order valence-corrected chi connectivity index (χ3v) is 3.79. The largest absolute Gasteiger partial charge is 0.303 e. The number of unbranched alkanes of at least 4 members (excludes halogenated alkanes) is 1. The van der Waals surface area contributed by atoms with Crippen LogP contribution in [-0.4, -0.2) is 24.5 Å². The van der Waals surface area contributed by atoms with Crippen molar-refractivity contribution in [2.24, 2.45) is 5.41 Å². The summed E-state index contributed by atoms with van der Waals surface area (Å²) in [6, 6.07) is 0.